The molecule has 3 aromatic rings. The van der Waals surface area contributed by atoms with Crippen molar-refractivity contribution >= 4 is 29.2 Å². The molecule has 0 saturated heterocycles. The summed E-state index contributed by atoms with van der Waals surface area (Å²) < 4.78 is 24.2. The highest BCUT2D eigenvalue weighted by atomic mass is 19.1. The number of carbonyl (C=O) groups is 3. The van der Waals surface area contributed by atoms with Crippen LogP contribution < -0.4 is 15.0 Å². The highest BCUT2D eigenvalue weighted by Gasteiger charge is 2.32. The lowest BCUT2D eigenvalue weighted by molar-refractivity contribution is -0.128. The Bertz CT molecular complexity index is 1200. The number of fused-ring (bicyclic) bond motifs is 1. The van der Waals surface area contributed by atoms with E-state index in [-0.39, 0.29) is 36.2 Å². The van der Waals surface area contributed by atoms with E-state index in [9.17, 15) is 18.8 Å². The summed E-state index contributed by atoms with van der Waals surface area (Å²) in [6.07, 6.45) is -1.14. The molecule has 1 aliphatic heterocycles. The highest BCUT2D eigenvalue weighted by Crippen LogP contribution is 2.30. The highest BCUT2D eigenvalue weighted by molar-refractivity contribution is 6.11. The Morgan fingerprint density at radius 2 is 1.73 bits per heavy atom. The van der Waals surface area contributed by atoms with Gasteiger partial charge in [0.05, 0.1) is 11.4 Å². The van der Waals surface area contributed by atoms with Crippen LogP contribution in [0.15, 0.2) is 72.8 Å². The van der Waals surface area contributed by atoms with Crippen LogP contribution in [-0.4, -0.2) is 30.4 Å². The molecule has 168 valence electrons. The van der Waals surface area contributed by atoms with Gasteiger partial charge in [-0.1, -0.05) is 36.4 Å². The number of carbonyl (C=O) groups excluding carboxylic acids is 3. The minimum absolute atomic E-state index is 0.124. The van der Waals surface area contributed by atoms with Crippen LogP contribution in [0.25, 0.3) is 0 Å². The Hall–Kier alpha value is -4.20. The molecule has 1 heterocycles. The van der Waals surface area contributed by atoms with Crippen molar-refractivity contribution in [1.29, 1.82) is 0 Å². The van der Waals surface area contributed by atoms with Gasteiger partial charge in [0.2, 0.25) is 5.91 Å². The van der Waals surface area contributed by atoms with Crippen molar-refractivity contribution in [2.75, 3.05) is 16.8 Å². The Morgan fingerprint density at radius 1 is 1.03 bits per heavy atom. The number of nitrogens with zero attached hydrogens (tertiary/aromatic N) is 1. The summed E-state index contributed by atoms with van der Waals surface area (Å²) in [4.78, 5) is 39.1. The quantitative estimate of drug-likeness (QED) is 0.578. The first-order valence-corrected chi connectivity index (χ1v) is 10.3. The second-order valence-corrected chi connectivity index (χ2v) is 7.45. The number of esters is 1. The van der Waals surface area contributed by atoms with Gasteiger partial charge in [-0.2, -0.15) is 0 Å². The van der Waals surface area contributed by atoms with E-state index >= 15 is 0 Å². The first-order valence-electron chi connectivity index (χ1n) is 10.3. The number of amides is 2. The van der Waals surface area contributed by atoms with Gasteiger partial charge < -0.3 is 14.8 Å². The van der Waals surface area contributed by atoms with E-state index in [1.54, 1.807) is 54.6 Å². The number of hydrogen-bond donors (Lipinski definition) is 1. The van der Waals surface area contributed by atoms with Gasteiger partial charge in [-0.3, -0.25) is 14.5 Å². The molecule has 2 amide bonds. The van der Waals surface area contributed by atoms with Gasteiger partial charge in [0.15, 0.2) is 6.10 Å². The van der Waals surface area contributed by atoms with E-state index in [0.717, 1.165) is 5.56 Å². The molecule has 3 aromatic carbocycles. The molecule has 0 spiro atoms. The summed E-state index contributed by atoms with van der Waals surface area (Å²) in [5.74, 6) is -1.67. The van der Waals surface area contributed by atoms with Crippen molar-refractivity contribution in [2.24, 2.45) is 0 Å². The van der Waals surface area contributed by atoms with Crippen LogP contribution in [0.4, 0.5) is 15.8 Å². The number of para-hydroxylation sites is 3. The molecule has 0 bridgehead atoms. The van der Waals surface area contributed by atoms with Gasteiger partial charge >= 0.3 is 5.97 Å². The molecule has 1 unspecified atom stereocenters. The first kappa shape index (κ1) is 22.0. The van der Waals surface area contributed by atoms with Crippen LogP contribution in [0.1, 0.15) is 22.8 Å². The molecule has 0 aliphatic carbocycles. The maximum Gasteiger partial charge on any atom is 0.342 e. The third-order valence-corrected chi connectivity index (χ3v) is 5.08. The van der Waals surface area contributed by atoms with E-state index in [2.05, 4.69) is 5.32 Å². The predicted octanol–water partition coefficient (Wildman–Crippen LogP) is 3.94. The van der Waals surface area contributed by atoms with Gasteiger partial charge in [0.1, 0.15) is 30.3 Å². The zero-order valence-electron chi connectivity index (χ0n) is 17.8. The van der Waals surface area contributed by atoms with Crippen LogP contribution in [0, 0.1) is 5.82 Å². The molecule has 1 aliphatic rings. The minimum atomic E-state index is -1.14. The Balaban J connectivity index is 1.45. The van der Waals surface area contributed by atoms with Crippen LogP contribution in [0.2, 0.25) is 0 Å². The van der Waals surface area contributed by atoms with Gasteiger partial charge in [-0.15, -0.1) is 0 Å². The van der Waals surface area contributed by atoms with E-state index < -0.39 is 18.0 Å². The lowest BCUT2D eigenvalue weighted by atomic mass is 10.1. The molecule has 1 N–H and O–H groups in total. The number of rotatable bonds is 6. The van der Waals surface area contributed by atoms with Crippen LogP contribution in [0.3, 0.4) is 0 Å². The van der Waals surface area contributed by atoms with E-state index in [0.29, 0.717) is 11.4 Å². The van der Waals surface area contributed by atoms with Crippen molar-refractivity contribution < 1.29 is 28.2 Å². The molecule has 0 fully saturated rings. The van der Waals surface area contributed by atoms with Crippen LogP contribution in [0.5, 0.6) is 5.75 Å². The standard InChI is InChI=1S/C25H21FN2O5/c1-16(24(30)28-14-23(29)27-20-7-3-4-8-21(20)28)33-25(31)19-6-2-5-9-22(19)32-15-17-10-12-18(26)13-11-17/h2-13,16H,14-15H2,1H3,(H,27,29). The van der Waals surface area contributed by atoms with Crippen molar-refractivity contribution in [3.8, 4) is 5.75 Å². The first-order chi connectivity index (χ1) is 15.9. The van der Waals surface area contributed by atoms with Crippen LogP contribution in [-0.2, 0) is 20.9 Å². The fraction of sp³-hybridized carbons (Fsp3) is 0.160. The zero-order chi connectivity index (χ0) is 23.4. The molecular weight excluding hydrogens is 427 g/mol. The second-order valence-electron chi connectivity index (χ2n) is 7.45. The van der Waals surface area contributed by atoms with E-state index in [1.807, 2.05) is 0 Å². The van der Waals surface area contributed by atoms with E-state index in [4.69, 9.17) is 9.47 Å². The summed E-state index contributed by atoms with van der Waals surface area (Å²) >= 11 is 0. The third kappa shape index (κ3) is 5.01. The van der Waals surface area contributed by atoms with Crippen molar-refractivity contribution in [1.82, 2.24) is 0 Å². The number of hydrogen-bond acceptors (Lipinski definition) is 5. The summed E-state index contributed by atoms with van der Waals surface area (Å²) in [6, 6.07) is 19.2. The predicted molar refractivity (Wildman–Crippen MR) is 119 cm³/mol. The molecule has 4 rings (SSSR count). The lowest BCUT2D eigenvalue weighted by Crippen LogP contribution is -2.47. The zero-order valence-corrected chi connectivity index (χ0v) is 17.8. The molecule has 7 nitrogen and oxygen atoms in total. The third-order valence-electron chi connectivity index (χ3n) is 5.08. The molecular formula is C25H21FN2O5. The monoisotopic (exact) mass is 448 g/mol. The Kier molecular flexibility index (Phi) is 6.35. The molecule has 0 saturated carbocycles. The molecule has 33 heavy (non-hydrogen) atoms. The Morgan fingerprint density at radius 3 is 2.52 bits per heavy atom. The molecule has 0 radical (unpaired) electrons. The average molecular weight is 448 g/mol. The normalized spacial score (nSPS) is 13.5. The maximum absolute atomic E-state index is 13.1. The Labute approximate surface area is 189 Å². The van der Waals surface area contributed by atoms with Gasteiger partial charge in [0.25, 0.3) is 5.91 Å². The fourth-order valence-corrected chi connectivity index (χ4v) is 3.43. The molecule has 8 heteroatoms. The van der Waals surface area contributed by atoms with Gasteiger partial charge in [-0.05, 0) is 48.9 Å². The van der Waals surface area contributed by atoms with Gasteiger partial charge in [0, 0.05) is 0 Å². The maximum atomic E-state index is 13.1. The second kappa shape index (κ2) is 9.52. The number of ether oxygens (including phenoxy) is 2. The average Bonchev–Trinajstić information content (AvgIpc) is 2.82. The number of anilines is 2. The van der Waals surface area contributed by atoms with Crippen molar-refractivity contribution in [3.05, 3.63) is 89.7 Å². The summed E-state index contributed by atoms with van der Waals surface area (Å²) in [5, 5.41) is 2.71. The largest absolute Gasteiger partial charge is 0.488 e. The number of halogens is 1. The van der Waals surface area contributed by atoms with E-state index in [1.165, 1.54) is 30.0 Å². The number of nitrogens with one attached hydrogen (secondary N) is 1. The SMILES string of the molecule is CC(OC(=O)c1ccccc1OCc1ccc(F)cc1)C(=O)N1CC(=O)Nc2ccccc21. The summed E-state index contributed by atoms with van der Waals surface area (Å²) in [7, 11) is 0. The summed E-state index contributed by atoms with van der Waals surface area (Å²) in [6.45, 7) is 1.41. The minimum Gasteiger partial charge on any atom is -0.488 e. The van der Waals surface area contributed by atoms with Crippen LogP contribution >= 0.6 is 0 Å². The van der Waals surface area contributed by atoms with Gasteiger partial charge in [-0.25, -0.2) is 9.18 Å². The van der Waals surface area contributed by atoms with Crippen molar-refractivity contribution in [2.45, 2.75) is 19.6 Å². The fourth-order valence-electron chi connectivity index (χ4n) is 3.43. The topological polar surface area (TPSA) is 84.9 Å². The summed E-state index contributed by atoms with van der Waals surface area (Å²) in [5.41, 5.74) is 1.93. The smallest absolute Gasteiger partial charge is 0.342 e. The lowest BCUT2D eigenvalue weighted by Gasteiger charge is -2.30. The van der Waals surface area contributed by atoms with Crippen molar-refractivity contribution in [3.63, 3.8) is 0 Å². The molecule has 0 aromatic heterocycles. The molecule has 1 atom stereocenters. The number of benzene rings is 3.